The molecular weight excluding hydrogens is 150 g/mol. The van der Waals surface area contributed by atoms with Crippen molar-refractivity contribution < 1.29 is 4.74 Å². The molecular formula is C10H21NO. The SMILES string of the molecule is C/C=C/CN(CCC)CCOC. The van der Waals surface area contributed by atoms with Gasteiger partial charge in [0.05, 0.1) is 6.61 Å². The van der Waals surface area contributed by atoms with Crippen LogP contribution in [0.4, 0.5) is 0 Å². The molecule has 0 aromatic carbocycles. The van der Waals surface area contributed by atoms with E-state index in [0.29, 0.717) is 0 Å². The van der Waals surface area contributed by atoms with Gasteiger partial charge in [-0.15, -0.1) is 0 Å². The van der Waals surface area contributed by atoms with E-state index in [2.05, 4.69) is 30.9 Å². The Kier molecular flexibility index (Phi) is 8.51. The van der Waals surface area contributed by atoms with Gasteiger partial charge >= 0.3 is 0 Å². The summed E-state index contributed by atoms with van der Waals surface area (Å²) in [6.45, 7) is 8.34. The quantitative estimate of drug-likeness (QED) is 0.543. The lowest BCUT2D eigenvalue weighted by molar-refractivity contribution is 0.154. The van der Waals surface area contributed by atoms with E-state index in [4.69, 9.17) is 4.74 Å². The highest BCUT2D eigenvalue weighted by molar-refractivity contribution is 4.80. The van der Waals surface area contributed by atoms with Crippen molar-refractivity contribution in [1.82, 2.24) is 4.90 Å². The Hall–Kier alpha value is -0.340. The first kappa shape index (κ1) is 11.7. The van der Waals surface area contributed by atoms with E-state index in [-0.39, 0.29) is 0 Å². The second kappa shape index (κ2) is 8.75. The van der Waals surface area contributed by atoms with Crippen LogP contribution < -0.4 is 0 Å². The maximum absolute atomic E-state index is 5.03. The van der Waals surface area contributed by atoms with Gasteiger partial charge in [0.25, 0.3) is 0 Å². The largest absolute Gasteiger partial charge is 0.383 e. The van der Waals surface area contributed by atoms with Crippen LogP contribution >= 0.6 is 0 Å². The van der Waals surface area contributed by atoms with Gasteiger partial charge in [0.2, 0.25) is 0 Å². The molecule has 0 aliphatic rings. The molecule has 0 saturated carbocycles. The Morgan fingerprint density at radius 2 is 2.08 bits per heavy atom. The molecule has 0 aliphatic carbocycles. The number of hydrogen-bond donors (Lipinski definition) is 0. The Balaban J connectivity index is 3.53. The van der Waals surface area contributed by atoms with E-state index in [0.717, 1.165) is 26.2 Å². The maximum Gasteiger partial charge on any atom is 0.0589 e. The molecule has 0 bridgehead atoms. The molecule has 0 atom stereocenters. The van der Waals surface area contributed by atoms with E-state index < -0.39 is 0 Å². The summed E-state index contributed by atoms with van der Waals surface area (Å²) in [7, 11) is 1.75. The zero-order valence-electron chi connectivity index (χ0n) is 8.55. The van der Waals surface area contributed by atoms with Gasteiger partial charge in [-0.25, -0.2) is 0 Å². The van der Waals surface area contributed by atoms with Crippen LogP contribution in [0.3, 0.4) is 0 Å². The number of rotatable bonds is 7. The van der Waals surface area contributed by atoms with Gasteiger partial charge in [-0.2, -0.15) is 0 Å². The summed E-state index contributed by atoms with van der Waals surface area (Å²) in [6.07, 6.45) is 5.49. The highest BCUT2D eigenvalue weighted by atomic mass is 16.5. The molecule has 0 radical (unpaired) electrons. The molecule has 0 aromatic rings. The van der Waals surface area contributed by atoms with Crippen molar-refractivity contribution in [2.45, 2.75) is 20.3 Å². The Morgan fingerprint density at radius 3 is 2.58 bits per heavy atom. The summed E-state index contributed by atoms with van der Waals surface area (Å²) in [6, 6.07) is 0. The van der Waals surface area contributed by atoms with Crippen molar-refractivity contribution in [3.63, 3.8) is 0 Å². The van der Waals surface area contributed by atoms with Crippen molar-refractivity contribution in [3.8, 4) is 0 Å². The molecule has 0 aromatic heterocycles. The lowest BCUT2D eigenvalue weighted by Gasteiger charge is -2.18. The van der Waals surface area contributed by atoms with E-state index in [1.807, 2.05) is 0 Å². The minimum Gasteiger partial charge on any atom is -0.383 e. The minimum atomic E-state index is 0.831. The molecule has 2 heteroatoms. The normalized spacial score (nSPS) is 11.7. The Bertz CT molecular complexity index is 112. The Labute approximate surface area is 76.2 Å². The molecule has 0 fully saturated rings. The fraction of sp³-hybridized carbons (Fsp3) is 0.800. The maximum atomic E-state index is 5.03. The van der Waals surface area contributed by atoms with Crippen LogP contribution in [0.25, 0.3) is 0 Å². The van der Waals surface area contributed by atoms with Crippen LogP contribution in [0, 0.1) is 0 Å². The van der Waals surface area contributed by atoms with Crippen molar-refractivity contribution in [1.29, 1.82) is 0 Å². The molecule has 0 heterocycles. The second-order valence-electron chi connectivity index (χ2n) is 2.86. The lowest BCUT2D eigenvalue weighted by Crippen LogP contribution is -2.28. The smallest absolute Gasteiger partial charge is 0.0589 e. The molecule has 12 heavy (non-hydrogen) atoms. The number of ether oxygens (including phenoxy) is 1. The average Bonchev–Trinajstić information content (AvgIpc) is 2.10. The first-order valence-corrected chi connectivity index (χ1v) is 4.67. The van der Waals surface area contributed by atoms with Crippen LogP contribution in [0.15, 0.2) is 12.2 Å². The third-order valence-corrected chi connectivity index (χ3v) is 1.75. The lowest BCUT2D eigenvalue weighted by atomic mass is 10.4. The predicted molar refractivity (Wildman–Crippen MR) is 53.4 cm³/mol. The summed E-state index contributed by atoms with van der Waals surface area (Å²) in [5, 5.41) is 0. The van der Waals surface area contributed by atoms with Gasteiger partial charge in [0, 0.05) is 20.2 Å². The molecule has 0 unspecified atom stereocenters. The topological polar surface area (TPSA) is 12.5 Å². The summed E-state index contributed by atoms with van der Waals surface area (Å²) in [5.41, 5.74) is 0. The standard InChI is InChI=1S/C10H21NO/c1-4-6-8-11(7-5-2)9-10-12-3/h4,6H,5,7-10H2,1-3H3/b6-4+. The van der Waals surface area contributed by atoms with Crippen molar-refractivity contribution in [2.24, 2.45) is 0 Å². The number of nitrogens with zero attached hydrogens (tertiary/aromatic N) is 1. The number of methoxy groups -OCH3 is 1. The minimum absolute atomic E-state index is 0.831. The number of hydrogen-bond acceptors (Lipinski definition) is 2. The van der Waals surface area contributed by atoms with Gasteiger partial charge in [-0.05, 0) is 19.9 Å². The van der Waals surface area contributed by atoms with Gasteiger partial charge in [-0.1, -0.05) is 19.1 Å². The van der Waals surface area contributed by atoms with Crippen molar-refractivity contribution in [3.05, 3.63) is 12.2 Å². The summed E-state index contributed by atoms with van der Waals surface area (Å²) >= 11 is 0. The predicted octanol–water partition coefficient (Wildman–Crippen LogP) is 1.92. The van der Waals surface area contributed by atoms with Crippen molar-refractivity contribution in [2.75, 3.05) is 33.4 Å². The fourth-order valence-corrected chi connectivity index (χ4v) is 1.09. The van der Waals surface area contributed by atoms with E-state index in [1.54, 1.807) is 7.11 Å². The number of allylic oxidation sites excluding steroid dienone is 1. The zero-order valence-corrected chi connectivity index (χ0v) is 8.55. The van der Waals surface area contributed by atoms with Crippen LogP contribution in [0.1, 0.15) is 20.3 Å². The zero-order chi connectivity index (χ0) is 9.23. The van der Waals surface area contributed by atoms with Gasteiger partial charge in [0.15, 0.2) is 0 Å². The van der Waals surface area contributed by atoms with E-state index in [9.17, 15) is 0 Å². The molecule has 0 rings (SSSR count). The highest BCUT2D eigenvalue weighted by Gasteiger charge is 1.99. The average molecular weight is 171 g/mol. The molecule has 0 saturated heterocycles. The molecule has 0 spiro atoms. The van der Waals surface area contributed by atoms with Crippen LogP contribution in [-0.4, -0.2) is 38.3 Å². The highest BCUT2D eigenvalue weighted by Crippen LogP contribution is 1.91. The summed E-state index contributed by atoms with van der Waals surface area (Å²) in [4.78, 5) is 2.39. The van der Waals surface area contributed by atoms with Gasteiger partial charge in [-0.3, -0.25) is 4.90 Å². The van der Waals surface area contributed by atoms with Crippen molar-refractivity contribution >= 4 is 0 Å². The summed E-state index contributed by atoms with van der Waals surface area (Å²) < 4.78 is 5.03. The molecule has 72 valence electrons. The van der Waals surface area contributed by atoms with Crippen LogP contribution in [0.2, 0.25) is 0 Å². The molecule has 0 aliphatic heterocycles. The van der Waals surface area contributed by atoms with Gasteiger partial charge in [0.1, 0.15) is 0 Å². The first-order chi connectivity index (χ1) is 5.85. The second-order valence-corrected chi connectivity index (χ2v) is 2.86. The third kappa shape index (κ3) is 6.38. The van der Waals surface area contributed by atoms with Gasteiger partial charge < -0.3 is 4.74 Å². The molecule has 0 amide bonds. The van der Waals surface area contributed by atoms with Crippen LogP contribution in [0.5, 0.6) is 0 Å². The monoisotopic (exact) mass is 171 g/mol. The van der Waals surface area contributed by atoms with E-state index in [1.165, 1.54) is 6.42 Å². The molecule has 2 nitrogen and oxygen atoms in total. The van der Waals surface area contributed by atoms with Crippen LogP contribution in [-0.2, 0) is 4.74 Å². The summed E-state index contributed by atoms with van der Waals surface area (Å²) in [5.74, 6) is 0. The van der Waals surface area contributed by atoms with E-state index >= 15 is 0 Å². The molecule has 0 N–H and O–H groups in total. The third-order valence-electron chi connectivity index (χ3n) is 1.75. The fourth-order valence-electron chi connectivity index (χ4n) is 1.09. The Morgan fingerprint density at radius 1 is 1.33 bits per heavy atom. The first-order valence-electron chi connectivity index (χ1n) is 4.67.